The van der Waals surface area contributed by atoms with Crippen molar-refractivity contribution in [3.63, 3.8) is 0 Å². The van der Waals surface area contributed by atoms with Crippen molar-refractivity contribution >= 4 is 23.8 Å². The number of benzene rings is 2. The third-order valence-electron chi connectivity index (χ3n) is 3.91. The van der Waals surface area contributed by atoms with Crippen LogP contribution in [0, 0.1) is 10.1 Å². The number of hydrogen-bond donors (Lipinski definition) is 1. The van der Waals surface area contributed by atoms with Crippen molar-refractivity contribution in [2.75, 3.05) is 7.11 Å². The lowest BCUT2D eigenvalue weighted by molar-refractivity contribution is -0.385. The summed E-state index contributed by atoms with van der Waals surface area (Å²) in [5, 5.41) is 18.2. The molecule has 0 spiro atoms. The molecular weight excluding hydrogens is 406 g/mol. The number of ether oxygens (including phenoxy) is 2. The Labute approximate surface area is 176 Å². The zero-order valence-electron chi connectivity index (χ0n) is 16.3. The quantitative estimate of drug-likeness (QED) is 0.193. The first-order chi connectivity index (χ1) is 14.9. The number of hydrogen-bond acceptors (Lipinski definition) is 8. The van der Waals surface area contributed by atoms with E-state index < -0.39 is 16.8 Å². The molecule has 0 radical (unpaired) electrons. The summed E-state index contributed by atoms with van der Waals surface area (Å²) in [7, 11) is 1.50. The summed E-state index contributed by atoms with van der Waals surface area (Å²) < 4.78 is 11.6. The first kappa shape index (κ1) is 21.2. The molecule has 11 nitrogen and oxygen atoms in total. The molecule has 0 aliphatic heterocycles. The normalized spacial score (nSPS) is 10.6. The van der Waals surface area contributed by atoms with Crippen LogP contribution >= 0.6 is 0 Å². The standard InChI is InChI=1S/C20H17N5O6/c1-30-17-6-3-5-15(9-17)20(27)31-18-7-2-4-14(8-18)10-21-23-19(26)13-24-12-16(11-22-24)25(28)29/h2-12H,13H2,1H3,(H,23,26)/b21-10+. The molecule has 31 heavy (non-hydrogen) atoms. The van der Waals surface area contributed by atoms with Crippen LogP contribution in [0.25, 0.3) is 0 Å². The first-order valence-corrected chi connectivity index (χ1v) is 8.89. The lowest BCUT2D eigenvalue weighted by Crippen LogP contribution is -2.23. The number of carbonyl (C=O) groups excluding carboxylic acids is 2. The molecule has 0 fully saturated rings. The van der Waals surface area contributed by atoms with Gasteiger partial charge < -0.3 is 9.47 Å². The monoisotopic (exact) mass is 423 g/mol. The Bertz CT molecular complexity index is 1140. The number of hydrazone groups is 1. The van der Waals surface area contributed by atoms with Gasteiger partial charge >= 0.3 is 11.7 Å². The summed E-state index contributed by atoms with van der Waals surface area (Å²) in [6.45, 7) is -0.233. The summed E-state index contributed by atoms with van der Waals surface area (Å²) in [4.78, 5) is 34.2. The molecule has 2 aromatic carbocycles. The second-order valence-electron chi connectivity index (χ2n) is 6.14. The van der Waals surface area contributed by atoms with E-state index in [-0.39, 0.29) is 12.2 Å². The highest BCUT2D eigenvalue weighted by Crippen LogP contribution is 2.17. The maximum atomic E-state index is 12.3. The minimum Gasteiger partial charge on any atom is -0.497 e. The van der Waals surface area contributed by atoms with Crippen LogP contribution in [-0.4, -0.2) is 39.9 Å². The number of methoxy groups -OCH3 is 1. The fraction of sp³-hybridized carbons (Fsp3) is 0.100. The molecular formula is C20H17N5O6. The Hall–Kier alpha value is -4.54. The maximum Gasteiger partial charge on any atom is 0.343 e. The molecule has 3 aromatic rings. The minimum atomic E-state index is -0.604. The number of nitrogens with one attached hydrogen (secondary N) is 1. The van der Waals surface area contributed by atoms with E-state index in [0.29, 0.717) is 22.6 Å². The average molecular weight is 423 g/mol. The second-order valence-corrected chi connectivity index (χ2v) is 6.14. The van der Waals surface area contributed by atoms with Gasteiger partial charge in [0.15, 0.2) is 0 Å². The van der Waals surface area contributed by atoms with Crippen molar-refractivity contribution in [1.82, 2.24) is 15.2 Å². The van der Waals surface area contributed by atoms with Crippen molar-refractivity contribution in [3.8, 4) is 11.5 Å². The van der Waals surface area contributed by atoms with Crippen LogP contribution in [0.4, 0.5) is 5.69 Å². The smallest absolute Gasteiger partial charge is 0.343 e. The van der Waals surface area contributed by atoms with E-state index >= 15 is 0 Å². The number of nitro groups is 1. The third kappa shape index (κ3) is 5.97. The molecule has 3 rings (SSSR count). The molecule has 0 aliphatic carbocycles. The number of aromatic nitrogens is 2. The molecule has 0 unspecified atom stereocenters. The Morgan fingerprint density at radius 3 is 2.74 bits per heavy atom. The third-order valence-corrected chi connectivity index (χ3v) is 3.91. The number of nitrogens with zero attached hydrogens (tertiary/aromatic N) is 4. The highest BCUT2D eigenvalue weighted by molar-refractivity contribution is 5.91. The first-order valence-electron chi connectivity index (χ1n) is 8.89. The number of esters is 1. The SMILES string of the molecule is COc1cccc(C(=O)Oc2cccc(/C=N/NC(=O)Cn3cc([N+](=O)[O-])cn3)c2)c1. The number of rotatable bonds is 8. The van der Waals surface area contributed by atoms with Crippen LogP contribution in [-0.2, 0) is 11.3 Å². The van der Waals surface area contributed by atoms with Crippen molar-refractivity contribution in [2.24, 2.45) is 5.10 Å². The summed E-state index contributed by atoms with van der Waals surface area (Å²) in [5.41, 5.74) is 3.00. The largest absolute Gasteiger partial charge is 0.497 e. The van der Waals surface area contributed by atoms with Crippen LogP contribution in [0.15, 0.2) is 66.0 Å². The van der Waals surface area contributed by atoms with E-state index in [2.05, 4.69) is 15.6 Å². The molecule has 0 saturated heterocycles. The summed E-state index contributed by atoms with van der Waals surface area (Å²) in [5.74, 6) is -0.229. The van der Waals surface area contributed by atoms with E-state index in [1.807, 2.05) is 0 Å². The predicted octanol–water partition coefficient (Wildman–Crippen LogP) is 2.17. The molecule has 0 aliphatic rings. The molecule has 11 heteroatoms. The molecule has 1 heterocycles. The summed E-state index contributed by atoms with van der Waals surface area (Å²) in [6.07, 6.45) is 3.56. The van der Waals surface area contributed by atoms with Gasteiger partial charge in [-0.15, -0.1) is 0 Å². The van der Waals surface area contributed by atoms with Gasteiger partial charge in [-0.2, -0.15) is 10.2 Å². The van der Waals surface area contributed by atoms with Crippen molar-refractivity contribution < 1.29 is 24.0 Å². The maximum absolute atomic E-state index is 12.3. The second kappa shape index (κ2) is 9.78. The van der Waals surface area contributed by atoms with Crippen molar-refractivity contribution in [2.45, 2.75) is 6.54 Å². The summed E-state index contributed by atoms with van der Waals surface area (Å²) in [6, 6.07) is 13.1. The highest BCUT2D eigenvalue weighted by Gasteiger charge is 2.11. The molecule has 1 N–H and O–H groups in total. The molecule has 0 atom stereocenters. The Kier molecular flexibility index (Phi) is 6.68. The van der Waals surface area contributed by atoms with Gasteiger partial charge in [0.2, 0.25) is 0 Å². The van der Waals surface area contributed by atoms with Crippen LogP contribution in [0.5, 0.6) is 11.5 Å². The Morgan fingerprint density at radius 2 is 2.00 bits per heavy atom. The van der Waals surface area contributed by atoms with Crippen LogP contribution in [0.2, 0.25) is 0 Å². The van der Waals surface area contributed by atoms with Gasteiger partial charge in [0.25, 0.3) is 5.91 Å². The zero-order valence-corrected chi connectivity index (χ0v) is 16.3. The fourth-order valence-corrected chi connectivity index (χ4v) is 2.47. The van der Waals surface area contributed by atoms with Gasteiger partial charge in [-0.3, -0.25) is 19.6 Å². The zero-order chi connectivity index (χ0) is 22.2. The number of amides is 1. The van der Waals surface area contributed by atoms with E-state index in [1.165, 1.54) is 13.3 Å². The molecule has 158 valence electrons. The fourth-order valence-electron chi connectivity index (χ4n) is 2.47. The van der Waals surface area contributed by atoms with Gasteiger partial charge in [-0.25, -0.2) is 10.2 Å². The van der Waals surface area contributed by atoms with Gasteiger partial charge in [0.05, 0.1) is 23.8 Å². The van der Waals surface area contributed by atoms with Crippen LogP contribution in [0.3, 0.4) is 0 Å². The lowest BCUT2D eigenvalue weighted by Gasteiger charge is -2.06. The van der Waals surface area contributed by atoms with Gasteiger partial charge in [0, 0.05) is 0 Å². The van der Waals surface area contributed by atoms with Crippen molar-refractivity contribution in [1.29, 1.82) is 0 Å². The van der Waals surface area contributed by atoms with Gasteiger partial charge in [-0.05, 0) is 35.9 Å². The molecule has 1 aromatic heterocycles. The van der Waals surface area contributed by atoms with Crippen LogP contribution < -0.4 is 14.9 Å². The summed E-state index contributed by atoms with van der Waals surface area (Å²) >= 11 is 0. The average Bonchev–Trinajstić information content (AvgIpc) is 3.23. The Balaban J connectivity index is 1.56. The van der Waals surface area contributed by atoms with E-state index in [0.717, 1.165) is 17.1 Å². The van der Waals surface area contributed by atoms with E-state index in [4.69, 9.17) is 9.47 Å². The molecule has 1 amide bonds. The topological polar surface area (TPSA) is 138 Å². The minimum absolute atomic E-state index is 0.211. The highest BCUT2D eigenvalue weighted by atomic mass is 16.6. The van der Waals surface area contributed by atoms with E-state index in [9.17, 15) is 19.7 Å². The van der Waals surface area contributed by atoms with Crippen LogP contribution in [0.1, 0.15) is 15.9 Å². The predicted molar refractivity (Wildman–Crippen MR) is 109 cm³/mol. The number of carbonyl (C=O) groups is 2. The lowest BCUT2D eigenvalue weighted by atomic mass is 10.2. The molecule has 0 bridgehead atoms. The van der Waals surface area contributed by atoms with E-state index in [1.54, 1.807) is 48.5 Å². The molecule has 0 saturated carbocycles. The Morgan fingerprint density at radius 1 is 1.23 bits per heavy atom. The van der Waals surface area contributed by atoms with Gasteiger partial charge in [-0.1, -0.05) is 18.2 Å². The van der Waals surface area contributed by atoms with Crippen molar-refractivity contribution in [3.05, 3.63) is 82.2 Å². The van der Waals surface area contributed by atoms with Gasteiger partial charge in [0.1, 0.15) is 30.4 Å².